The van der Waals surface area contributed by atoms with Gasteiger partial charge in [-0.1, -0.05) is 40.7 Å². The van der Waals surface area contributed by atoms with Crippen LogP contribution in [0.25, 0.3) is 98.8 Å². The fourth-order valence-corrected chi connectivity index (χ4v) is 10.5. The number of benzene rings is 9. The molecule has 24 heteroatoms. The van der Waals surface area contributed by atoms with Crippen LogP contribution in [0.4, 0.5) is 0 Å². The van der Waals surface area contributed by atoms with Crippen molar-refractivity contribution in [1.82, 2.24) is 0 Å². The smallest absolute Gasteiger partial charge is 0.204 e. The quantitative estimate of drug-likeness (QED) is 0.0403. The minimum Gasteiger partial charge on any atom is -0.508 e. The summed E-state index contributed by atoms with van der Waals surface area (Å²) < 4.78 is 6.00. The summed E-state index contributed by atoms with van der Waals surface area (Å²) in [6, 6.07) is 11.5. The van der Waals surface area contributed by atoms with Crippen molar-refractivity contribution < 1.29 is 91.2 Å². The van der Waals surface area contributed by atoms with Crippen LogP contribution in [0.2, 0.25) is 0 Å². The second-order valence-electron chi connectivity index (χ2n) is 17.9. The summed E-state index contributed by atoms with van der Waals surface area (Å²) in [5.41, 5.74) is -2.66. The third-order valence-electron chi connectivity index (χ3n) is 14.3. The van der Waals surface area contributed by atoms with Crippen molar-refractivity contribution in [3.8, 4) is 142 Å². The summed E-state index contributed by atoms with van der Waals surface area (Å²) in [6.07, 6.45) is 0. The Hall–Kier alpha value is -9.45. The molecule has 0 saturated heterocycles. The summed E-state index contributed by atoms with van der Waals surface area (Å²) >= 11 is 0. The predicted molar refractivity (Wildman–Crippen MR) is 285 cm³/mol. The Morgan fingerprint density at radius 1 is 0.250 bits per heavy atom. The molecule has 0 saturated carbocycles. The molecule has 10 rings (SSSR count). The second kappa shape index (κ2) is 15.3. The lowest BCUT2D eigenvalue weighted by Crippen LogP contribution is -2.34. The highest BCUT2D eigenvalue weighted by Crippen LogP contribution is 2.63. The molecule has 17 N–H and O–H groups in total. The molecule has 0 bridgehead atoms. The Balaban J connectivity index is 1.39. The number of hydrogen-bond acceptors (Lipinski definition) is 18. The summed E-state index contributed by atoms with van der Waals surface area (Å²) in [5, 5.41) is 195. The molecule has 0 spiro atoms. The number of phenols is 17. The van der Waals surface area contributed by atoms with E-state index < -0.39 is 147 Å². The molecule has 0 radical (unpaired) electrons. The third kappa shape index (κ3) is 5.67. The molecule has 354 valence electrons. The first kappa shape index (κ1) is 46.3. The Bertz CT molecular complexity index is 4100. The monoisotopic (exact) mass is 966 g/mol. The Kier molecular flexibility index (Phi) is 9.82. The second-order valence-corrected chi connectivity index (χ2v) is 17.9. The molecule has 0 unspecified atom stereocenters. The maximum Gasteiger partial charge on any atom is 0.204 e. The number of rotatable bonds is 4. The van der Waals surface area contributed by atoms with E-state index in [1.165, 1.54) is 59.2 Å². The van der Waals surface area contributed by atoms with Crippen LogP contribution in [0.15, 0.2) is 46.9 Å². The topological polar surface area (TPSA) is 357 Å². The molecular formula is C48H36B6O18. The number of furan rings is 1. The van der Waals surface area contributed by atoms with Gasteiger partial charge < -0.3 is 91.2 Å². The first-order valence-corrected chi connectivity index (χ1v) is 21.8. The predicted octanol–water partition coefficient (Wildman–Crippen LogP) is -1.74. The Morgan fingerprint density at radius 3 is 1.19 bits per heavy atom. The van der Waals surface area contributed by atoms with Gasteiger partial charge in [0.15, 0.2) is 63.2 Å². The van der Waals surface area contributed by atoms with E-state index in [-0.39, 0.29) is 60.4 Å². The van der Waals surface area contributed by atoms with Gasteiger partial charge in [0.2, 0.25) is 23.0 Å². The summed E-state index contributed by atoms with van der Waals surface area (Å²) in [5.74, 6) is -18.3. The maximum absolute atomic E-state index is 12.6. The van der Waals surface area contributed by atoms with Crippen LogP contribution < -0.4 is 32.8 Å². The van der Waals surface area contributed by atoms with Crippen molar-refractivity contribution in [3.63, 3.8) is 0 Å². The molecule has 9 aromatic carbocycles. The summed E-state index contributed by atoms with van der Waals surface area (Å²) in [4.78, 5) is 0. The van der Waals surface area contributed by atoms with Crippen LogP contribution in [0.5, 0.6) is 97.7 Å². The van der Waals surface area contributed by atoms with E-state index in [9.17, 15) is 86.8 Å². The van der Waals surface area contributed by atoms with Crippen LogP contribution in [0.1, 0.15) is 0 Å². The average Bonchev–Trinajstić information content (AvgIpc) is 3.74. The highest BCUT2D eigenvalue weighted by molar-refractivity contribution is 6.58. The normalized spacial score (nSPS) is 11.8. The number of hydrogen-bond donors (Lipinski definition) is 17. The zero-order valence-corrected chi connectivity index (χ0v) is 38.6. The minimum atomic E-state index is -1.31. The zero-order valence-electron chi connectivity index (χ0n) is 38.6. The fourth-order valence-electron chi connectivity index (χ4n) is 10.5. The molecule has 0 atom stereocenters. The van der Waals surface area contributed by atoms with E-state index >= 15 is 0 Å². The molecule has 0 aliphatic heterocycles. The molecule has 18 nitrogen and oxygen atoms in total. The van der Waals surface area contributed by atoms with Crippen LogP contribution in [0, 0.1) is 0 Å². The largest absolute Gasteiger partial charge is 0.508 e. The first-order valence-electron chi connectivity index (χ1n) is 21.8. The number of phenolic OH excluding ortho intramolecular Hbond substituents is 17. The van der Waals surface area contributed by atoms with Crippen molar-refractivity contribution in [2.24, 2.45) is 0 Å². The summed E-state index contributed by atoms with van der Waals surface area (Å²) in [6.45, 7) is 0. The minimum absolute atomic E-state index is 0.00966. The van der Waals surface area contributed by atoms with E-state index in [2.05, 4.69) is 0 Å². The van der Waals surface area contributed by atoms with Crippen molar-refractivity contribution in [2.45, 2.75) is 0 Å². The molecular weight excluding hydrogens is 929 g/mol. The van der Waals surface area contributed by atoms with Gasteiger partial charge in [0.05, 0.1) is 10.9 Å². The van der Waals surface area contributed by atoms with E-state index in [0.29, 0.717) is 21.9 Å². The molecule has 0 amide bonds. The van der Waals surface area contributed by atoms with Crippen LogP contribution in [0.3, 0.4) is 0 Å². The number of fused-ring (bicyclic) bond motifs is 6. The van der Waals surface area contributed by atoms with Crippen LogP contribution in [-0.2, 0) is 0 Å². The van der Waals surface area contributed by atoms with Gasteiger partial charge in [0.1, 0.15) is 69.7 Å². The lowest BCUT2D eigenvalue weighted by Gasteiger charge is -2.27. The van der Waals surface area contributed by atoms with Gasteiger partial charge in [-0.15, -0.1) is 0 Å². The number of para-hydroxylation sites is 1. The van der Waals surface area contributed by atoms with Crippen molar-refractivity contribution in [3.05, 3.63) is 42.5 Å². The van der Waals surface area contributed by atoms with Gasteiger partial charge in [-0.3, -0.25) is 0 Å². The third-order valence-corrected chi connectivity index (χ3v) is 14.3. The molecule has 1 aromatic heterocycles. The molecule has 72 heavy (non-hydrogen) atoms. The van der Waals surface area contributed by atoms with Crippen molar-refractivity contribution >= 4 is 134 Å². The van der Waals surface area contributed by atoms with Gasteiger partial charge in [-0.25, -0.2) is 0 Å². The van der Waals surface area contributed by atoms with Crippen LogP contribution in [-0.4, -0.2) is 134 Å². The lowest BCUT2D eigenvalue weighted by atomic mass is 9.66. The van der Waals surface area contributed by atoms with Gasteiger partial charge in [-0.05, 0) is 51.1 Å². The Labute approximate surface area is 408 Å². The lowest BCUT2D eigenvalue weighted by molar-refractivity contribution is 0.350. The highest BCUT2D eigenvalue weighted by atomic mass is 16.4. The molecule has 0 aliphatic carbocycles. The van der Waals surface area contributed by atoms with E-state index in [0.717, 1.165) is 0 Å². The van der Waals surface area contributed by atoms with Gasteiger partial charge in [0, 0.05) is 60.1 Å². The maximum atomic E-state index is 12.6. The average molecular weight is 966 g/mol. The number of aromatic hydroxyl groups is 17. The zero-order chi connectivity index (χ0) is 52.3. The molecule has 1 heterocycles. The van der Waals surface area contributed by atoms with Gasteiger partial charge >= 0.3 is 0 Å². The van der Waals surface area contributed by atoms with Crippen molar-refractivity contribution in [1.29, 1.82) is 0 Å². The van der Waals surface area contributed by atoms with E-state index in [1.54, 1.807) is 30.3 Å². The Morgan fingerprint density at radius 2 is 0.653 bits per heavy atom. The molecule has 10 aromatic rings. The van der Waals surface area contributed by atoms with Gasteiger partial charge in [-0.2, -0.15) is 0 Å². The van der Waals surface area contributed by atoms with Crippen molar-refractivity contribution in [2.75, 3.05) is 0 Å². The fraction of sp³-hybridized carbons (Fsp3) is 0. The SMILES string of the molecule is Bc1c(B)c(-c2c(B)c(B)c(-c3c4c(O)c(O)c(O)c(O)c4c(-c4ccc5oc6ccccc6c5c4)c4c(O)c(O)c(O)c(O)c34)c(O)c2O)c(-c2c(O)c(B)c3c(B)c(O)c(O)c(O)c3c2O)c(O)c1O. The first-order chi connectivity index (χ1) is 33.9. The van der Waals surface area contributed by atoms with E-state index in [4.69, 9.17) is 4.42 Å². The standard InChI is InChI=1S/C48H36B6O18/c49-26-15(20(34(57)43(66)31(26)54)24-32(55)25-21(29(52)33(24)56)30(53)42(65)44(67)41(25)64)23-28(51)27(50)22(39(62)40(23)63)14-18-16(35(58)45(68)47(70)37(18)60)13(17-19(14)38(61)48(71)46(69)36(17)59)8-5-6-12-10(7-8)9-3-1-2-4-11(9)72-12/h1-7,55-71H,49-54H2. The van der Waals surface area contributed by atoms with E-state index in [1.807, 2.05) is 0 Å². The molecule has 0 aliphatic rings. The summed E-state index contributed by atoms with van der Waals surface area (Å²) in [7, 11) is 8.23. The van der Waals surface area contributed by atoms with Gasteiger partial charge in [0.25, 0.3) is 0 Å². The highest BCUT2D eigenvalue weighted by Gasteiger charge is 2.37. The van der Waals surface area contributed by atoms with Crippen LogP contribution >= 0.6 is 0 Å². The molecule has 0 fully saturated rings.